The van der Waals surface area contributed by atoms with Crippen LogP contribution in [0.2, 0.25) is 0 Å². The average molecular weight is 287 g/mol. The highest BCUT2D eigenvalue weighted by Crippen LogP contribution is 2.28. The molecule has 0 radical (unpaired) electrons. The highest BCUT2D eigenvalue weighted by molar-refractivity contribution is 5.91. The van der Waals surface area contributed by atoms with E-state index in [9.17, 15) is 9.90 Å². The van der Waals surface area contributed by atoms with E-state index in [1.54, 1.807) is 6.08 Å². The molecule has 0 atom stereocenters. The second-order valence-electron chi connectivity index (χ2n) is 5.95. The molecule has 112 valence electrons. The Kier molecular flexibility index (Phi) is 3.97. The summed E-state index contributed by atoms with van der Waals surface area (Å²) in [5.74, 6) is 0.784. The molecule has 1 aromatic rings. The number of aliphatic hydroxyl groups is 1. The number of amides is 1. The molecule has 1 aliphatic carbocycles. The van der Waals surface area contributed by atoms with Gasteiger partial charge in [-0.2, -0.15) is 0 Å². The Morgan fingerprint density at radius 2 is 2.19 bits per heavy atom. The lowest BCUT2D eigenvalue weighted by Gasteiger charge is -2.21. The summed E-state index contributed by atoms with van der Waals surface area (Å²) in [6.07, 6.45) is 7.89. The first-order valence-electron chi connectivity index (χ1n) is 7.59. The summed E-state index contributed by atoms with van der Waals surface area (Å²) in [6, 6.07) is 5.94. The Bertz CT molecular complexity index is 559. The minimum atomic E-state index is -0.700. The first-order valence-corrected chi connectivity index (χ1v) is 7.59. The molecule has 1 aliphatic heterocycles. The van der Waals surface area contributed by atoms with Crippen molar-refractivity contribution in [3.05, 3.63) is 35.4 Å². The van der Waals surface area contributed by atoms with Gasteiger partial charge in [-0.3, -0.25) is 4.79 Å². The predicted molar refractivity (Wildman–Crippen MR) is 81.1 cm³/mol. The zero-order valence-electron chi connectivity index (χ0n) is 12.1. The largest absolute Gasteiger partial charge is 0.493 e. The molecule has 4 heteroatoms. The van der Waals surface area contributed by atoms with Gasteiger partial charge in [0.1, 0.15) is 5.75 Å². The topological polar surface area (TPSA) is 58.6 Å². The molecule has 1 fully saturated rings. The van der Waals surface area contributed by atoms with Crippen molar-refractivity contribution in [1.82, 2.24) is 5.32 Å². The molecular weight excluding hydrogens is 266 g/mol. The first kappa shape index (κ1) is 14.1. The average Bonchev–Trinajstić information content (AvgIpc) is 3.11. The van der Waals surface area contributed by atoms with E-state index in [-0.39, 0.29) is 5.91 Å². The number of hydrogen-bond donors (Lipinski definition) is 2. The quantitative estimate of drug-likeness (QED) is 0.833. The zero-order valence-corrected chi connectivity index (χ0v) is 12.1. The summed E-state index contributed by atoms with van der Waals surface area (Å²) >= 11 is 0. The summed E-state index contributed by atoms with van der Waals surface area (Å²) < 4.78 is 5.45. The molecule has 0 saturated heterocycles. The molecule has 0 aromatic heterocycles. The highest BCUT2D eigenvalue weighted by Gasteiger charge is 2.30. The smallest absolute Gasteiger partial charge is 0.244 e. The summed E-state index contributed by atoms with van der Waals surface area (Å²) in [5.41, 5.74) is 1.49. The maximum Gasteiger partial charge on any atom is 0.244 e. The van der Waals surface area contributed by atoms with E-state index in [2.05, 4.69) is 11.4 Å². The lowest BCUT2D eigenvalue weighted by atomic mass is 10.0. The molecule has 0 spiro atoms. The summed E-state index contributed by atoms with van der Waals surface area (Å²) in [4.78, 5) is 11.8. The molecule has 2 aliphatic rings. The fourth-order valence-electron chi connectivity index (χ4n) is 3.00. The third-order valence-electron chi connectivity index (χ3n) is 4.27. The highest BCUT2D eigenvalue weighted by atomic mass is 16.5. The Hall–Kier alpha value is -1.81. The Morgan fingerprint density at radius 1 is 1.38 bits per heavy atom. The molecule has 21 heavy (non-hydrogen) atoms. The number of hydrogen-bond acceptors (Lipinski definition) is 3. The van der Waals surface area contributed by atoms with Crippen LogP contribution in [0.3, 0.4) is 0 Å². The van der Waals surface area contributed by atoms with Crippen LogP contribution < -0.4 is 10.1 Å². The second kappa shape index (κ2) is 5.90. The van der Waals surface area contributed by atoms with E-state index < -0.39 is 5.60 Å². The van der Waals surface area contributed by atoms with Crippen molar-refractivity contribution < 1.29 is 14.6 Å². The number of fused-ring (bicyclic) bond motifs is 1. The molecule has 2 N–H and O–H groups in total. The second-order valence-corrected chi connectivity index (χ2v) is 5.95. The van der Waals surface area contributed by atoms with Crippen molar-refractivity contribution in [2.75, 3.05) is 13.2 Å². The van der Waals surface area contributed by atoms with Crippen molar-refractivity contribution in [3.63, 3.8) is 0 Å². The Labute approximate surface area is 124 Å². The predicted octanol–water partition coefficient (Wildman–Crippen LogP) is 2.06. The third-order valence-corrected chi connectivity index (χ3v) is 4.27. The van der Waals surface area contributed by atoms with Crippen molar-refractivity contribution in [3.8, 4) is 5.75 Å². The lowest BCUT2D eigenvalue weighted by molar-refractivity contribution is -0.117. The van der Waals surface area contributed by atoms with Gasteiger partial charge in [-0.25, -0.2) is 0 Å². The van der Waals surface area contributed by atoms with Gasteiger partial charge >= 0.3 is 0 Å². The fraction of sp³-hybridized carbons (Fsp3) is 0.471. The Balaban J connectivity index is 1.54. The Morgan fingerprint density at radius 3 is 3.00 bits per heavy atom. The van der Waals surface area contributed by atoms with Crippen LogP contribution in [0.1, 0.15) is 36.8 Å². The monoisotopic (exact) mass is 287 g/mol. The van der Waals surface area contributed by atoms with Crippen LogP contribution in [-0.4, -0.2) is 29.8 Å². The van der Waals surface area contributed by atoms with E-state index in [1.807, 2.05) is 12.1 Å². The van der Waals surface area contributed by atoms with Crippen LogP contribution in [-0.2, 0) is 11.2 Å². The minimum absolute atomic E-state index is 0.160. The molecule has 1 amide bonds. The number of carbonyl (C=O) groups is 1. The van der Waals surface area contributed by atoms with Gasteiger partial charge in [0.05, 0.1) is 12.2 Å². The molecule has 4 nitrogen and oxygen atoms in total. The van der Waals surface area contributed by atoms with Gasteiger partial charge in [0.15, 0.2) is 0 Å². The molecule has 1 heterocycles. The molecule has 0 unspecified atom stereocenters. The molecular formula is C17H21NO3. The van der Waals surface area contributed by atoms with Gasteiger partial charge in [-0.05, 0) is 42.2 Å². The van der Waals surface area contributed by atoms with Crippen LogP contribution >= 0.6 is 0 Å². The normalized spacial score (nSPS) is 19.5. The number of rotatable bonds is 4. The fourth-order valence-corrected chi connectivity index (χ4v) is 3.00. The summed E-state index contributed by atoms with van der Waals surface area (Å²) in [7, 11) is 0. The van der Waals surface area contributed by atoms with Gasteiger partial charge in [0, 0.05) is 19.0 Å². The van der Waals surface area contributed by atoms with Gasteiger partial charge in [0.25, 0.3) is 0 Å². The van der Waals surface area contributed by atoms with Crippen LogP contribution in [0, 0.1) is 0 Å². The van der Waals surface area contributed by atoms with Gasteiger partial charge in [-0.15, -0.1) is 0 Å². The van der Waals surface area contributed by atoms with Gasteiger partial charge < -0.3 is 15.2 Å². The van der Waals surface area contributed by atoms with Crippen LogP contribution in [0.4, 0.5) is 0 Å². The molecule has 3 rings (SSSR count). The summed E-state index contributed by atoms with van der Waals surface area (Å²) in [5, 5.41) is 13.0. The van der Waals surface area contributed by atoms with Gasteiger partial charge in [-0.1, -0.05) is 18.9 Å². The minimum Gasteiger partial charge on any atom is -0.493 e. The van der Waals surface area contributed by atoms with Crippen LogP contribution in [0.25, 0.3) is 6.08 Å². The summed E-state index contributed by atoms with van der Waals surface area (Å²) in [6.45, 7) is 1.08. The maximum absolute atomic E-state index is 11.8. The molecule has 1 aromatic carbocycles. The van der Waals surface area contributed by atoms with Crippen molar-refractivity contribution >= 4 is 12.0 Å². The molecule has 1 saturated carbocycles. The number of carbonyl (C=O) groups excluding carboxylic acids is 1. The number of nitrogens with one attached hydrogen (secondary N) is 1. The van der Waals surface area contributed by atoms with E-state index >= 15 is 0 Å². The van der Waals surface area contributed by atoms with E-state index in [0.29, 0.717) is 6.54 Å². The molecule has 0 bridgehead atoms. The lowest BCUT2D eigenvalue weighted by Crippen LogP contribution is -2.40. The van der Waals surface area contributed by atoms with Crippen molar-refractivity contribution in [2.45, 2.75) is 37.7 Å². The van der Waals surface area contributed by atoms with E-state index in [1.165, 1.54) is 11.6 Å². The maximum atomic E-state index is 11.8. The van der Waals surface area contributed by atoms with Gasteiger partial charge in [0.2, 0.25) is 5.91 Å². The standard InChI is InChI=1S/C17H21NO3/c19-16(18-12-17(20)8-1-2-9-17)6-4-13-3-5-15-14(11-13)7-10-21-15/h3-6,11,20H,1-2,7-10,12H2,(H,18,19)/b6-4+. The van der Waals surface area contributed by atoms with Crippen LogP contribution in [0.15, 0.2) is 24.3 Å². The van der Waals surface area contributed by atoms with E-state index in [0.717, 1.165) is 50.0 Å². The first-order chi connectivity index (χ1) is 10.1. The SMILES string of the molecule is O=C(/C=C/c1ccc2c(c1)CCO2)NCC1(O)CCCC1. The van der Waals surface area contributed by atoms with E-state index in [4.69, 9.17) is 4.74 Å². The zero-order chi connectivity index (χ0) is 14.7. The number of ether oxygens (including phenoxy) is 1. The number of benzene rings is 1. The van der Waals surface area contributed by atoms with Crippen molar-refractivity contribution in [2.24, 2.45) is 0 Å². The third kappa shape index (κ3) is 3.45. The van der Waals surface area contributed by atoms with Crippen LogP contribution in [0.5, 0.6) is 5.75 Å². The van der Waals surface area contributed by atoms with Crippen molar-refractivity contribution in [1.29, 1.82) is 0 Å².